The quantitative estimate of drug-likeness (QED) is 0.0284. The lowest BCUT2D eigenvalue weighted by Gasteiger charge is -2.25. The number of hydrogen-bond donors (Lipinski definition) is 12. The molecule has 0 aliphatic rings. The van der Waals surface area contributed by atoms with Gasteiger partial charge in [0, 0.05) is 70.1 Å². The van der Waals surface area contributed by atoms with Gasteiger partial charge in [-0.2, -0.15) is 0 Å². The van der Waals surface area contributed by atoms with Gasteiger partial charge >= 0.3 is 6.03 Å². The van der Waals surface area contributed by atoms with Crippen LogP contribution in [0.5, 0.6) is 0 Å². The highest BCUT2D eigenvalue weighted by atomic mass is 31.1. The van der Waals surface area contributed by atoms with Gasteiger partial charge in [0.15, 0.2) is 5.52 Å². The average Bonchev–Trinajstić information content (AvgIpc) is 0.874. The second-order valence-corrected chi connectivity index (χ2v) is 29.0. The van der Waals surface area contributed by atoms with E-state index < -0.39 is 196 Å². The second kappa shape index (κ2) is 47.6. The molecular formula is C74H104BN12O17P. The summed E-state index contributed by atoms with van der Waals surface area (Å²) in [5.41, 5.74) is 7.14. The van der Waals surface area contributed by atoms with Crippen molar-refractivity contribution in [1.82, 2.24) is 58.5 Å². The molecule has 12 amide bonds. The van der Waals surface area contributed by atoms with E-state index >= 15 is 0 Å². The van der Waals surface area contributed by atoms with Crippen LogP contribution in [0.15, 0.2) is 91.0 Å². The van der Waals surface area contributed by atoms with Gasteiger partial charge in [-0.3, -0.25) is 82.0 Å². The van der Waals surface area contributed by atoms with Gasteiger partial charge < -0.3 is 58.9 Å². The molecule has 9 unspecified atom stereocenters. The Bertz CT molecular complexity index is 3470. The summed E-state index contributed by atoms with van der Waals surface area (Å²) < 4.78 is 0. The van der Waals surface area contributed by atoms with E-state index in [0.717, 1.165) is 0 Å². The van der Waals surface area contributed by atoms with Crippen molar-refractivity contribution >= 4 is 115 Å². The normalized spacial score (nSPS) is 13.6. The number of urea groups is 1. The molecule has 13 N–H and O–H groups in total. The van der Waals surface area contributed by atoms with E-state index in [9.17, 15) is 81.5 Å². The number of carbonyl (C=O) groups excluding carboxylic acids is 17. The maximum Gasteiger partial charge on any atom is 0.322 e. The second-order valence-electron chi connectivity index (χ2n) is 27.3. The largest absolute Gasteiger partial charge is 0.347 e. The Balaban J connectivity index is 1.94. The fraction of sp³-hybridized carbons (Fsp3) is 0.527. The minimum absolute atomic E-state index is 0.0287. The lowest BCUT2D eigenvalue weighted by atomic mass is 9.93. The zero-order chi connectivity index (χ0) is 78.3. The predicted molar refractivity (Wildman–Crippen MR) is 394 cm³/mol. The Morgan fingerprint density at radius 2 is 0.724 bits per heavy atom. The third-order valence-corrected chi connectivity index (χ3v) is 17.3. The zero-order valence-electron chi connectivity index (χ0n) is 61.5. The highest BCUT2D eigenvalue weighted by Gasteiger charge is 2.34. The van der Waals surface area contributed by atoms with E-state index in [0.29, 0.717) is 16.7 Å². The number of ketones is 5. The number of amides is 12. The van der Waals surface area contributed by atoms with E-state index in [1.807, 2.05) is 27.7 Å². The zero-order valence-corrected chi connectivity index (χ0v) is 62.4. The number of hydrogen-bond acceptors (Lipinski definition) is 18. The summed E-state index contributed by atoms with van der Waals surface area (Å²) in [7, 11) is 4.24. The van der Waals surface area contributed by atoms with Crippen molar-refractivity contribution in [3.05, 3.63) is 108 Å². The molecule has 3 aromatic carbocycles. The molecule has 0 spiro atoms. The van der Waals surface area contributed by atoms with Crippen LogP contribution in [0, 0.1) is 23.7 Å². The highest BCUT2D eigenvalue weighted by molar-refractivity contribution is 7.94. The number of Topliss-reactive ketones (excluding diaryl/α,β-unsaturated/α-hetero) is 5. The maximum absolute atomic E-state index is 14.5. The van der Waals surface area contributed by atoms with Crippen LogP contribution in [-0.2, 0) is 96.0 Å². The topological polar surface area (TPSA) is 449 Å². The van der Waals surface area contributed by atoms with Crippen LogP contribution < -0.4 is 64.2 Å². The molecule has 570 valence electrons. The standard InChI is InChI=1S/C74H104BN12O17P/c1-44(2)33-57(67(97)77-41-47(7)88)83-71(101)60(36-49-19-13-10-14-20-49)81-64(94)32-29-54(91)27-30-56(70(100)87-74(104)86-62(38-51-23-17-12-18-24-51)73(103)85-58(34-45(3)4)68(98)78-42-48(8)89)82-66(96)52(39-55(92)40-76)25-26-53(90)28-31-63(93)80-61(37-50-21-15-11-16-22-50)72(102)84-59(35-46(5)6)69(99)79-43-65(95)105(9)75/h10-24,44-46,52,56-62H,25-43,76H2,1-9H3,(H,77,97)(H,78,98)(H,79,99)(H,80,93)(H,81,94)(H,82,96)(H,83,101)(H,84,102)(H,85,103)(H2,86,87,100,104). The van der Waals surface area contributed by atoms with Crippen molar-refractivity contribution in [2.45, 2.75) is 194 Å². The molecule has 2 radical (unpaired) electrons. The van der Waals surface area contributed by atoms with Crippen molar-refractivity contribution in [2.75, 3.05) is 32.8 Å². The van der Waals surface area contributed by atoms with Gasteiger partial charge in [0.25, 0.3) is 5.91 Å². The van der Waals surface area contributed by atoms with Gasteiger partial charge in [0.05, 0.1) is 26.2 Å². The highest BCUT2D eigenvalue weighted by Crippen LogP contribution is 2.23. The van der Waals surface area contributed by atoms with Crippen LogP contribution in [0.3, 0.4) is 0 Å². The van der Waals surface area contributed by atoms with Gasteiger partial charge in [-0.1, -0.05) is 140 Å². The summed E-state index contributed by atoms with van der Waals surface area (Å²) in [5, 5.41) is 27.9. The van der Waals surface area contributed by atoms with Crippen molar-refractivity contribution in [3.63, 3.8) is 0 Å². The van der Waals surface area contributed by atoms with Crippen LogP contribution in [0.2, 0.25) is 0 Å². The van der Waals surface area contributed by atoms with E-state index in [4.69, 9.17) is 13.3 Å². The number of nitrogens with two attached hydrogens (primary N) is 1. The molecule has 29 nitrogen and oxygen atoms in total. The summed E-state index contributed by atoms with van der Waals surface area (Å²) in [6.07, 6.45) is -4.06. The first-order valence-corrected chi connectivity index (χ1v) is 37.1. The number of benzene rings is 3. The molecule has 0 aromatic heterocycles. The Hall–Kier alpha value is -9.70. The summed E-state index contributed by atoms with van der Waals surface area (Å²) in [4.78, 5) is 228. The van der Waals surface area contributed by atoms with Gasteiger partial charge in [-0.25, -0.2) is 4.79 Å². The molecule has 0 heterocycles. The minimum atomic E-state index is -1.79. The molecule has 3 aromatic rings. The fourth-order valence-corrected chi connectivity index (χ4v) is 11.1. The first kappa shape index (κ1) is 89.5. The summed E-state index contributed by atoms with van der Waals surface area (Å²) >= 11 is 0. The number of rotatable bonds is 49. The smallest absolute Gasteiger partial charge is 0.322 e. The number of carbonyl (C=O) groups is 17. The molecular weight excluding hydrogens is 1370 g/mol. The molecule has 105 heavy (non-hydrogen) atoms. The molecule has 3 rings (SSSR count). The molecule has 0 aliphatic carbocycles. The first-order valence-electron chi connectivity index (χ1n) is 35.2. The van der Waals surface area contributed by atoms with Gasteiger partial charge in [0.2, 0.25) is 53.2 Å². The van der Waals surface area contributed by atoms with Crippen molar-refractivity contribution in [1.29, 1.82) is 0 Å². The van der Waals surface area contributed by atoms with Crippen molar-refractivity contribution < 1.29 is 81.5 Å². The van der Waals surface area contributed by atoms with Crippen LogP contribution in [-0.4, -0.2) is 182 Å². The maximum atomic E-state index is 14.5. The lowest BCUT2D eigenvalue weighted by molar-refractivity contribution is -0.134. The predicted octanol–water partition coefficient (Wildman–Crippen LogP) is 2.00. The van der Waals surface area contributed by atoms with Crippen LogP contribution in [0.4, 0.5) is 4.79 Å². The molecule has 9 atom stereocenters. The van der Waals surface area contributed by atoms with Gasteiger partial charge in [0.1, 0.15) is 78.8 Å². The van der Waals surface area contributed by atoms with Gasteiger partial charge in [-0.15, -0.1) is 0 Å². The first-order chi connectivity index (χ1) is 49.6. The Morgan fingerprint density at radius 3 is 1.07 bits per heavy atom. The molecule has 0 aliphatic heterocycles. The van der Waals surface area contributed by atoms with Crippen molar-refractivity contribution in [2.24, 2.45) is 29.4 Å². The minimum Gasteiger partial charge on any atom is -0.347 e. The Morgan fingerprint density at radius 1 is 0.381 bits per heavy atom. The molecule has 0 saturated heterocycles. The van der Waals surface area contributed by atoms with Crippen LogP contribution in [0.25, 0.3) is 0 Å². The summed E-state index contributed by atoms with van der Waals surface area (Å²) in [6, 6.07) is 15.2. The van der Waals surface area contributed by atoms with E-state index in [1.54, 1.807) is 105 Å². The van der Waals surface area contributed by atoms with E-state index in [1.165, 1.54) is 20.5 Å². The average molecular weight is 1480 g/mol. The monoisotopic (exact) mass is 1470 g/mol. The molecule has 31 heteroatoms. The summed E-state index contributed by atoms with van der Waals surface area (Å²) in [5.74, 6) is -12.2. The fourth-order valence-electron chi connectivity index (χ4n) is 10.7. The SMILES string of the molecule is [B]P(C)C(=O)CNC(=O)C(CC(C)C)NC(=O)C(Cc1ccccc1)NC(=O)CCC(=O)CCC(CC(=O)CN)C(=O)NC(CCC(=O)CCC(=O)NC(Cc1ccccc1)C(=O)NC(CC(C)C)C(=O)NCC(C)=O)C(=O)NC(=O)NC(Cc1ccccc1)C(=O)NC(CC(C)C)C(=O)NCC(C)=O. The van der Waals surface area contributed by atoms with Crippen LogP contribution >= 0.6 is 7.80 Å². The third kappa shape index (κ3) is 37.0. The number of imide groups is 1. The number of nitrogens with one attached hydrogen (secondary N) is 11. The Kier molecular flexibility index (Phi) is 40.6. The van der Waals surface area contributed by atoms with E-state index in [2.05, 4.69) is 58.5 Å². The lowest BCUT2D eigenvalue weighted by Crippen LogP contribution is -2.58. The molecule has 0 fully saturated rings. The molecule has 0 saturated carbocycles. The van der Waals surface area contributed by atoms with Gasteiger partial charge in [-0.05, 0) is 87.1 Å². The van der Waals surface area contributed by atoms with Crippen molar-refractivity contribution in [3.8, 4) is 0 Å². The third-order valence-electron chi connectivity index (χ3n) is 16.3. The molecule has 0 bridgehead atoms. The Labute approximate surface area is 616 Å². The summed E-state index contributed by atoms with van der Waals surface area (Å²) in [6.45, 7) is 13.5. The van der Waals surface area contributed by atoms with Crippen LogP contribution in [0.1, 0.15) is 149 Å². The van der Waals surface area contributed by atoms with E-state index in [-0.39, 0.29) is 99.4 Å².